The first-order chi connectivity index (χ1) is 8.58. The first kappa shape index (κ1) is 11.2. The fourth-order valence-electron chi connectivity index (χ4n) is 2.43. The topological polar surface area (TPSA) is 44.1 Å². The van der Waals surface area contributed by atoms with Gasteiger partial charge in [-0.3, -0.25) is 4.79 Å². The summed E-state index contributed by atoms with van der Waals surface area (Å²) in [5.74, 6) is 0.0938. The number of hydrogen-bond donors (Lipinski definition) is 0. The lowest BCUT2D eigenvalue weighted by molar-refractivity contribution is -0.143. The predicted octanol–water partition coefficient (Wildman–Crippen LogP) is 1.92. The minimum Gasteiger partial charge on any atom is -0.468 e. The Balaban J connectivity index is 2.19. The van der Waals surface area contributed by atoms with E-state index in [2.05, 4.69) is 4.98 Å². The Morgan fingerprint density at radius 1 is 1.50 bits per heavy atom. The molecule has 1 aliphatic rings. The van der Waals surface area contributed by atoms with Crippen LogP contribution in [-0.2, 0) is 22.0 Å². The van der Waals surface area contributed by atoms with E-state index < -0.39 is 5.41 Å². The predicted molar refractivity (Wildman–Crippen MR) is 63.6 cm³/mol. The number of esters is 1. The molecule has 2 aromatic rings. The molecular formula is C13H13FN2O2. The summed E-state index contributed by atoms with van der Waals surface area (Å²) in [6, 6.07) is 4.43. The number of rotatable bonds is 2. The average Bonchev–Trinajstić information content (AvgIpc) is 3.11. The maximum atomic E-state index is 13.2. The van der Waals surface area contributed by atoms with Gasteiger partial charge in [0.25, 0.3) is 0 Å². The first-order valence-electron chi connectivity index (χ1n) is 5.79. The van der Waals surface area contributed by atoms with Gasteiger partial charge in [-0.2, -0.15) is 0 Å². The van der Waals surface area contributed by atoms with E-state index in [4.69, 9.17) is 4.74 Å². The third kappa shape index (κ3) is 1.36. The number of imidazole rings is 1. The van der Waals surface area contributed by atoms with E-state index in [1.54, 1.807) is 17.7 Å². The monoisotopic (exact) mass is 248 g/mol. The second-order valence-electron chi connectivity index (χ2n) is 4.70. The van der Waals surface area contributed by atoms with Gasteiger partial charge in [0.05, 0.1) is 18.1 Å². The number of carbonyl (C=O) groups is 1. The lowest BCUT2D eigenvalue weighted by atomic mass is 10.1. The van der Waals surface area contributed by atoms with Crippen LogP contribution in [-0.4, -0.2) is 22.6 Å². The van der Waals surface area contributed by atoms with Crippen molar-refractivity contribution in [3.63, 3.8) is 0 Å². The molecule has 0 bridgehead atoms. The van der Waals surface area contributed by atoms with Gasteiger partial charge in [0.15, 0.2) is 0 Å². The van der Waals surface area contributed by atoms with Crippen molar-refractivity contribution < 1.29 is 13.9 Å². The van der Waals surface area contributed by atoms with Gasteiger partial charge in [-0.15, -0.1) is 0 Å². The van der Waals surface area contributed by atoms with E-state index in [1.807, 2.05) is 0 Å². The third-order valence-electron chi connectivity index (χ3n) is 3.60. The van der Waals surface area contributed by atoms with Gasteiger partial charge >= 0.3 is 5.97 Å². The normalized spacial score (nSPS) is 16.8. The summed E-state index contributed by atoms with van der Waals surface area (Å²) in [6.07, 6.45) is 1.47. The summed E-state index contributed by atoms with van der Waals surface area (Å²) >= 11 is 0. The van der Waals surface area contributed by atoms with Gasteiger partial charge in [0.2, 0.25) is 0 Å². The van der Waals surface area contributed by atoms with Gasteiger partial charge in [-0.25, -0.2) is 9.37 Å². The fourth-order valence-corrected chi connectivity index (χ4v) is 2.43. The summed E-state index contributed by atoms with van der Waals surface area (Å²) in [7, 11) is 3.18. The number of carbonyl (C=O) groups excluding carboxylic acids is 1. The first-order valence-corrected chi connectivity index (χ1v) is 5.79. The van der Waals surface area contributed by atoms with E-state index >= 15 is 0 Å². The Hall–Kier alpha value is -1.91. The number of hydrogen-bond acceptors (Lipinski definition) is 3. The van der Waals surface area contributed by atoms with E-state index in [0.29, 0.717) is 16.9 Å². The van der Waals surface area contributed by atoms with Gasteiger partial charge in [-0.1, -0.05) is 0 Å². The van der Waals surface area contributed by atoms with Gasteiger partial charge in [0, 0.05) is 7.05 Å². The van der Waals surface area contributed by atoms with Crippen LogP contribution in [0.3, 0.4) is 0 Å². The highest BCUT2D eigenvalue weighted by Crippen LogP contribution is 2.49. The van der Waals surface area contributed by atoms with Crippen LogP contribution in [0.15, 0.2) is 18.2 Å². The van der Waals surface area contributed by atoms with E-state index in [1.165, 1.54) is 19.2 Å². The zero-order chi connectivity index (χ0) is 12.9. The zero-order valence-electron chi connectivity index (χ0n) is 10.2. The van der Waals surface area contributed by atoms with Crippen LogP contribution >= 0.6 is 0 Å². The molecule has 0 radical (unpaired) electrons. The zero-order valence-corrected chi connectivity index (χ0v) is 10.2. The van der Waals surface area contributed by atoms with Crippen LogP contribution in [0, 0.1) is 5.82 Å². The second kappa shape index (κ2) is 3.54. The number of methoxy groups -OCH3 is 1. The van der Waals surface area contributed by atoms with Crippen molar-refractivity contribution in [3.05, 3.63) is 29.8 Å². The molecule has 1 aromatic carbocycles. The van der Waals surface area contributed by atoms with E-state index in [9.17, 15) is 9.18 Å². The number of aromatic nitrogens is 2. The molecule has 1 saturated carbocycles. The fraction of sp³-hybridized carbons (Fsp3) is 0.385. The maximum Gasteiger partial charge on any atom is 0.319 e. The maximum absolute atomic E-state index is 13.2. The molecule has 1 aromatic heterocycles. The van der Waals surface area contributed by atoms with E-state index in [-0.39, 0.29) is 11.8 Å². The number of nitrogens with zero attached hydrogens (tertiary/aromatic N) is 2. The molecule has 0 spiro atoms. The quantitative estimate of drug-likeness (QED) is 0.763. The van der Waals surface area contributed by atoms with Crippen molar-refractivity contribution in [2.24, 2.45) is 7.05 Å². The molecule has 0 unspecified atom stereocenters. The van der Waals surface area contributed by atoms with Crippen LogP contribution in [0.2, 0.25) is 0 Å². The number of ether oxygens (including phenoxy) is 1. The van der Waals surface area contributed by atoms with Crippen LogP contribution in [0.4, 0.5) is 4.39 Å². The minimum absolute atomic E-state index is 0.263. The van der Waals surface area contributed by atoms with Gasteiger partial charge in [0.1, 0.15) is 17.1 Å². The number of benzene rings is 1. The smallest absolute Gasteiger partial charge is 0.319 e. The number of halogens is 1. The Morgan fingerprint density at radius 2 is 2.22 bits per heavy atom. The van der Waals surface area contributed by atoms with Crippen molar-refractivity contribution in [2.45, 2.75) is 18.3 Å². The largest absolute Gasteiger partial charge is 0.468 e. The summed E-state index contributed by atoms with van der Waals surface area (Å²) in [4.78, 5) is 16.3. The molecule has 0 N–H and O–H groups in total. The Morgan fingerprint density at radius 3 is 2.83 bits per heavy atom. The molecule has 4 nitrogen and oxygen atoms in total. The highest BCUT2D eigenvalue weighted by atomic mass is 19.1. The molecule has 5 heteroatoms. The van der Waals surface area contributed by atoms with E-state index in [0.717, 1.165) is 12.8 Å². The Bertz CT molecular complexity index is 644. The summed E-state index contributed by atoms with van der Waals surface area (Å²) < 4.78 is 19.9. The number of aryl methyl sites for hydroxylation is 1. The SMILES string of the molecule is COC(=O)C1(c2nc3ccc(F)cc3n2C)CC1. The standard InChI is InChI=1S/C13H13FN2O2/c1-16-10-7-8(14)3-4-9(10)15-11(16)13(5-6-13)12(17)18-2/h3-4,7H,5-6H2,1-2H3. The number of fused-ring (bicyclic) bond motifs is 1. The van der Waals surface area contributed by atoms with Gasteiger partial charge < -0.3 is 9.30 Å². The third-order valence-corrected chi connectivity index (χ3v) is 3.60. The van der Waals surface area contributed by atoms with Crippen molar-refractivity contribution in [3.8, 4) is 0 Å². The summed E-state index contributed by atoms with van der Waals surface area (Å²) in [5.41, 5.74) is 0.767. The lowest BCUT2D eigenvalue weighted by Crippen LogP contribution is -2.25. The van der Waals surface area contributed by atoms with Crippen LogP contribution < -0.4 is 0 Å². The molecule has 94 valence electrons. The molecule has 3 rings (SSSR count). The lowest BCUT2D eigenvalue weighted by Gasteiger charge is -2.12. The molecule has 18 heavy (non-hydrogen) atoms. The molecule has 1 fully saturated rings. The van der Waals surface area contributed by atoms with Crippen LogP contribution in [0.5, 0.6) is 0 Å². The summed E-state index contributed by atoms with van der Waals surface area (Å²) in [6.45, 7) is 0. The van der Waals surface area contributed by atoms with Gasteiger partial charge in [-0.05, 0) is 31.0 Å². The summed E-state index contributed by atoms with van der Waals surface area (Å²) in [5, 5.41) is 0. The highest BCUT2D eigenvalue weighted by Gasteiger charge is 2.55. The van der Waals surface area contributed by atoms with Crippen LogP contribution in [0.1, 0.15) is 18.7 Å². The van der Waals surface area contributed by atoms with Crippen molar-refractivity contribution >= 4 is 17.0 Å². The van der Waals surface area contributed by atoms with Crippen LogP contribution in [0.25, 0.3) is 11.0 Å². The molecule has 0 saturated heterocycles. The Kier molecular flexibility index (Phi) is 2.20. The van der Waals surface area contributed by atoms with Crippen molar-refractivity contribution in [1.82, 2.24) is 9.55 Å². The minimum atomic E-state index is -0.626. The second-order valence-corrected chi connectivity index (χ2v) is 4.70. The molecule has 0 atom stereocenters. The van der Waals surface area contributed by atoms with Crippen molar-refractivity contribution in [2.75, 3.05) is 7.11 Å². The molecular weight excluding hydrogens is 235 g/mol. The Labute approximate surface area is 103 Å². The highest BCUT2D eigenvalue weighted by molar-refractivity contribution is 5.87. The molecule has 0 aliphatic heterocycles. The molecule has 0 amide bonds. The van der Waals surface area contributed by atoms with Crippen molar-refractivity contribution in [1.29, 1.82) is 0 Å². The molecule has 1 aliphatic carbocycles. The average molecular weight is 248 g/mol. The molecule has 1 heterocycles.